The summed E-state index contributed by atoms with van der Waals surface area (Å²) in [5.74, 6) is 0. The number of non-ortho nitro benzene ring substituents is 1. The average Bonchev–Trinajstić information content (AvgIpc) is 2.60. The molecule has 24 heavy (non-hydrogen) atoms. The first-order chi connectivity index (χ1) is 11.5. The van der Waals surface area contributed by atoms with E-state index in [9.17, 15) is 14.9 Å². The Hall–Kier alpha value is -2.96. The minimum Gasteiger partial charge on any atom is -0.331 e. The van der Waals surface area contributed by atoms with Gasteiger partial charge in [-0.1, -0.05) is 19.1 Å². The largest absolute Gasteiger partial charge is 0.331 e. The molecule has 0 saturated heterocycles. The lowest BCUT2D eigenvalue weighted by Gasteiger charge is -2.23. The van der Waals surface area contributed by atoms with Crippen LogP contribution in [0.25, 0.3) is 0 Å². The highest BCUT2D eigenvalue weighted by Crippen LogP contribution is 2.21. The summed E-state index contributed by atoms with van der Waals surface area (Å²) >= 11 is 0. The van der Waals surface area contributed by atoms with Crippen LogP contribution in [-0.4, -0.2) is 27.9 Å². The molecule has 7 heteroatoms. The molecule has 2 amide bonds. The molecule has 1 N–H and O–H groups in total. The maximum absolute atomic E-state index is 12.4. The van der Waals surface area contributed by atoms with Gasteiger partial charge in [0.25, 0.3) is 5.69 Å². The Morgan fingerprint density at radius 1 is 1.33 bits per heavy atom. The van der Waals surface area contributed by atoms with Crippen LogP contribution in [-0.2, 0) is 6.54 Å². The maximum Gasteiger partial charge on any atom is 0.317 e. The highest BCUT2D eigenvalue weighted by atomic mass is 16.6. The molecule has 0 fully saturated rings. The third kappa shape index (κ3) is 4.52. The molecule has 1 aromatic carbocycles. The zero-order valence-electron chi connectivity index (χ0n) is 13.7. The molecular weight excluding hydrogens is 308 g/mol. The zero-order valence-corrected chi connectivity index (χ0v) is 13.7. The lowest BCUT2D eigenvalue weighted by molar-refractivity contribution is -0.384. The maximum atomic E-state index is 12.4. The van der Waals surface area contributed by atoms with Gasteiger partial charge >= 0.3 is 6.03 Å². The average molecular weight is 328 g/mol. The Balaban J connectivity index is 2.05. The molecule has 0 aliphatic rings. The number of rotatable bonds is 6. The molecule has 1 atom stereocenters. The molecule has 0 bridgehead atoms. The minimum absolute atomic E-state index is 0.0188. The van der Waals surface area contributed by atoms with Gasteiger partial charge in [0.1, 0.15) is 0 Å². The molecule has 2 rings (SSSR count). The Bertz CT molecular complexity index is 706. The van der Waals surface area contributed by atoms with Gasteiger partial charge in [0.05, 0.1) is 11.0 Å². The first-order valence-corrected chi connectivity index (χ1v) is 7.66. The summed E-state index contributed by atoms with van der Waals surface area (Å²) in [5.41, 5.74) is 1.72. The summed E-state index contributed by atoms with van der Waals surface area (Å²) in [6.07, 6.45) is 3.99. The van der Waals surface area contributed by atoms with Crippen molar-refractivity contribution in [1.82, 2.24) is 15.2 Å². The molecule has 0 radical (unpaired) electrons. The summed E-state index contributed by atoms with van der Waals surface area (Å²) < 4.78 is 0. The van der Waals surface area contributed by atoms with Gasteiger partial charge in [-0.15, -0.1) is 0 Å². The molecule has 0 spiro atoms. The van der Waals surface area contributed by atoms with E-state index in [4.69, 9.17) is 0 Å². The lowest BCUT2D eigenvalue weighted by atomic mass is 10.0. The van der Waals surface area contributed by atoms with E-state index < -0.39 is 4.92 Å². The van der Waals surface area contributed by atoms with Crippen molar-refractivity contribution in [2.75, 3.05) is 7.05 Å². The van der Waals surface area contributed by atoms with Gasteiger partial charge in [0, 0.05) is 38.1 Å². The van der Waals surface area contributed by atoms with Crippen LogP contribution in [0.4, 0.5) is 10.5 Å². The van der Waals surface area contributed by atoms with Crippen molar-refractivity contribution in [3.63, 3.8) is 0 Å². The van der Waals surface area contributed by atoms with Crippen LogP contribution in [0, 0.1) is 10.1 Å². The lowest BCUT2D eigenvalue weighted by Crippen LogP contribution is -2.38. The predicted molar refractivity (Wildman–Crippen MR) is 90.4 cm³/mol. The summed E-state index contributed by atoms with van der Waals surface area (Å²) in [5, 5.41) is 13.8. The van der Waals surface area contributed by atoms with Crippen molar-refractivity contribution >= 4 is 11.7 Å². The summed E-state index contributed by atoms with van der Waals surface area (Å²) in [6.45, 7) is 2.38. The van der Waals surface area contributed by atoms with E-state index in [2.05, 4.69) is 10.3 Å². The Morgan fingerprint density at radius 3 is 2.67 bits per heavy atom. The smallest absolute Gasteiger partial charge is 0.317 e. The number of hydrogen-bond acceptors (Lipinski definition) is 4. The molecule has 0 saturated carbocycles. The quantitative estimate of drug-likeness (QED) is 0.651. The van der Waals surface area contributed by atoms with E-state index in [-0.39, 0.29) is 17.8 Å². The normalized spacial score (nSPS) is 11.6. The minimum atomic E-state index is -0.437. The van der Waals surface area contributed by atoms with E-state index in [1.54, 1.807) is 36.5 Å². The van der Waals surface area contributed by atoms with E-state index in [0.717, 1.165) is 11.1 Å². The second-order valence-electron chi connectivity index (χ2n) is 5.47. The molecule has 0 aliphatic heterocycles. The molecule has 2 aromatic rings. The van der Waals surface area contributed by atoms with Crippen LogP contribution in [0.2, 0.25) is 0 Å². The van der Waals surface area contributed by atoms with Gasteiger partial charge < -0.3 is 10.2 Å². The van der Waals surface area contributed by atoms with Gasteiger partial charge in [0.15, 0.2) is 0 Å². The molecular formula is C17H20N4O3. The first-order valence-electron chi connectivity index (χ1n) is 7.66. The number of nitro benzene ring substituents is 1. The Morgan fingerprint density at radius 2 is 2.04 bits per heavy atom. The third-order valence-corrected chi connectivity index (χ3v) is 3.71. The van der Waals surface area contributed by atoms with E-state index >= 15 is 0 Å². The zero-order chi connectivity index (χ0) is 17.5. The van der Waals surface area contributed by atoms with E-state index in [1.807, 2.05) is 19.1 Å². The molecule has 1 aromatic heterocycles. The van der Waals surface area contributed by atoms with E-state index in [0.29, 0.717) is 13.0 Å². The van der Waals surface area contributed by atoms with Crippen LogP contribution in [0.1, 0.15) is 30.5 Å². The second-order valence-corrected chi connectivity index (χ2v) is 5.47. The van der Waals surface area contributed by atoms with Crippen molar-refractivity contribution in [3.05, 3.63) is 70.0 Å². The third-order valence-electron chi connectivity index (χ3n) is 3.71. The van der Waals surface area contributed by atoms with Crippen LogP contribution < -0.4 is 5.32 Å². The number of urea groups is 1. The highest BCUT2D eigenvalue weighted by Gasteiger charge is 2.18. The fourth-order valence-electron chi connectivity index (χ4n) is 2.37. The van der Waals surface area contributed by atoms with Gasteiger partial charge in [-0.3, -0.25) is 15.1 Å². The molecule has 7 nitrogen and oxygen atoms in total. The first kappa shape index (κ1) is 17.4. The fourth-order valence-corrected chi connectivity index (χ4v) is 2.37. The summed E-state index contributed by atoms with van der Waals surface area (Å²) in [4.78, 5) is 28.4. The van der Waals surface area contributed by atoms with Crippen LogP contribution in [0.15, 0.2) is 48.8 Å². The number of amides is 2. The predicted octanol–water partition coefficient (Wildman–Crippen LogP) is 3.28. The standard InChI is InChI=1S/C17H20N4O3/c1-3-16(14-5-4-6-15(11-14)21(23)24)19-17(22)20(2)12-13-7-9-18-10-8-13/h4-11,16H,3,12H2,1-2H3,(H,19,22). The molecule has 1 heterocycles. The SMILES string of the molecule is CCC(NC(=O)N(C)Cc1ccncc1)c1cccc([N+](=O)[O-])c1. The Labute approximate surface area is 140 Å². The van der Waals surface area contributed by atoms with Gasteiger partial charge in [-0.25, -0.2) is 4.79 Å². The van der Waals surface area contributed by atoms with Crippen LogP contribution >= 0.6 is 0 Å². The van der Waals surface area contributed by atoms with Gasteiger partial charge in [-0.05, 0) is 29.7 Å². The Kier molecular flexibility index (Phi) is 5.83. The number of hydrogen-bond donors (Lipinski definition) is 1. The number of nitrogens with zero attached hydrogens (tertiary/aromatic N) is 3. The van der Waals surface area contributed by atoms with Gasteiger partial charge in [-0.2, -0.15) is 0 Å². The topological polar surface area (TPSA) is 88.4 Å². The number of carbonyl (C=O) groups is 1. The van der Waals surface area contributed by atoms with Crippen molar-refractivity contribution in [1.29, 1.82) is 0 Å². The highest BCUT2D eigenvalue weighted by molar-refractivity contribution is 5.74. The molecule has 1 unspecified atom stereocenters. The molecule has 0 aliphatic carbocycles. The van der Waals surface area contributed by atoms with Crippen LogP contribution in [0.3, 0.4) is 0 Å². The van der Waals surface area contributed by atoms with Crippen molar-refractivity contribution < 1.29 is 9.72 Å². The van der Waals surface area contributed by atoms with Gasteiger partial charge in [0.2, 0.25) is 0 Å². The van der Waals surface area contributed by atoms with Crippen molar-refractivity contribution in [2.45, 2.75) is 25.9 Å². The number of nitrogens with one attached hydrogen (secondary N) is 1. The monoisotopic (exact) mass is 328 g/mol. The second kappa shape index (κ2) is 8.05. The van der Waals surface area contributed by atoms with Crippen molar-refractivity contribution in [2.24, 2.45) is 0 Å². The van der Waals surface area contributed by atoms with Crippen molar-refractivity contribution in [3.8, 4) is 0 Å². The number of nitro groups is 1. The van der Waals surface area contributed by atoms with E-state index in [1.165, 1.54) is 12.1 Å². The van der Waals surface area contributed by atoms with Crippen LogP contribution in [0.5, 0.6) is 0 Å². The number of pyridine rings is 1. The number of aromatic nitrogens is 1. The molecule has 126 valence electrons. The number of carbonyl (C=O) groups excluding carboxylic acids is 1. The fraction of sp³-hybridized carbons (Fsp3) is 0.294. The summed E-state index contributed by atoms with van der Waals surface area (Å²) in [6, 6.07) is 9.53. The summed E-state index contributed by atoms with van der Waals surface area (Å²) in [7, 11) is 1.70. The number of benzene rings is 1.